The van der Waals surface area contributed by atoms with Gasteiger partial charge in [0.1, 0.15) is 11.5 Å². The summed E-state index contributed by atoms with van der Waals surface area (Å²) < 4.78 is 5.96. The zero-order chi connectivity index (χ0) is 24.0. The molecule has 178 valence electrons. The Kier molecular flexibility index (Phi) is 7.97. The summed E-state index contributed by atoms with van der Waals surface area (Å²) in [5, 5.41) is 23.3. The number of nitrogens with zero attached hydrogens (tertiary/aromatic N) is 1. The van der Waals surface area contributed by atoms with Crippen molar-refractivity contribution in [2.24, 2.45) is 0 Å². The summed E-state index contributed by atoms with van der Waals surface area (Å²) in [6, 6.07) is 10.6. The molecule has 1 aliphatic heterocycles. The molecule has 3 N–H and O–H groups in total. The van der Waals surface area contributed by atoms with Crippen LogP contribution in [-0.2, 0) is 23.3 Å². The third-order valence-electron chi connectivity index (χ3n) is 5.80. The molecule has 7 nitrogen and oxygen atoms in total. The van der Waals surface area contributed by atoms with E-state index < -0.39 is 5.97 Å². The molecule has 2 aromatic rings. The van der Waals surface area contributed by atoms with Crippen molar-refractivity contribution in [2.75, 3.05) is 19.7 Å². The fourth-order valence-electron chi connectivity index (χ4n) is 4.00. The molecule has 1 heterocycles. The first-order valence-electron chi connectivity index (χ1n) is 11.4. The highest BCUT2D eigenvalue weighted by molar-refractivity contribution is 5.88. The van der Waals surface area contributed by atoms with Crippen molar-refractivity contribution in [3.63, 3.8) is 0 Å². The number of rotatable bonds is 3. The number of fused-ring (bicyclic) bond motifs is 1. The molecule has 0 aromatic heterocycles. The normalized spacial score (nSPS) is 16.4. The number of amides is 1. The van der Waals surface area contributed by atoms with E-state index in [1.54, 1.807) is 18.2 Å². The van der Waals surface area contributed by atoms with Gasteiger partial charge in [-0.3, -0.25) is 9.69 Å². The highest BCUT2D eigenvalue weighted by Gasteiger charge is 2.22. The third kappa shape index (κ3) is 6.71. The van der Waals surface area contributed by atoms with Crippen molar-refractivity contribution in [2.45, 2.75) is 58.5 Å². The van der Waals surface area contributed by atoms with Gasteiger partial charge in [0.2, 0.25) is 5.91 Å². The van der Waals surface area contributed by atoms with Crippen LogP contribution in [-0.4, -0.2) is 46.7 Å². The van der Waals surface area contributed by atoms with Gasteiger partial charge in [-0.05, 0) is 42.4 Å². The summed E-state index contributed by atoms with van der Waals surface area (Å²) in [6.07, 6.45) is 2.58. The second-order valence-corrected chi connectivity index (χ2v) is 9.60. The van der Waals surface area contributed by atoms with Gasteiger partial charge in [-0.25, -0.2) is 4.79 Å². The lowest BCUT2D eigenvalue weighted by molar-refractivity contribution is -0.122. The molecular weight excluding hydrogens is 420 g/mol. The Hall–Kier alpha value is -3.06. The van der Waals surface area contributed by atoms with Crippen molar-refractivity contribution >= 4 is 11.9 Å². The molecule has 7 heteroatoms. The molecule has 0 radical (unpaired) electrons. The zero-order valence-electron chi connectivity index (χ0n) is 19.7. The van der Waals surface area contributed by atoms with E-state index >= 15 is 0 Å². The predicted octanol–water partition coefficient (Wildman–Crippen LogP) is 4.07. The summed E-state index contributed by atoms with van der Waals surface area (Å²) in [5.41, 5.74) is 2.34. The maximum absolute atomic E-state index is 12.6. The zero-order valence-corrected chi connectivity index (χ0v) is 19.7. The highest BCUT2D eigenvalue weighted by Crippen LogP contribution is 2.34. The first kappa shape index (κ1) is 24.6. The Balaban J connectivity index is 1.94. The Morgan fingerprint density at radius 2 is 1.91 bits per heavy atom. The van der Waals surface area contributed by atoms with Gasteiger partial charge in [-0.2, -0.15) is 0 Å². The molecular formula is C26H34N2O5. The number of carbonyl (C=O) groups excluding carboxylic acids is 1. The van der Waals surface area contributed by atoms with Crippen LogP contribution in [0, 0.1) is 0 Å². The molecule has 0 saturated heterocycles. The van der Waals surface area contributed by atoms with E-state index in [1.807, 2.05) is 43.9 Å². The van der Waals surface area contributed by atoms with E-state index in [4.69, 9.17) is 4.74 Å². The second kappa shape index (κ2) is 10.7. The molecule has 0 fully saturated rings. The van der Waals surface area contributed by atoms with E-state index in [0.29, 0.717) is 32.0 Å². The minimum atomic E-state index is -1.01. The Labute approximate surface area is 195 Å². The first-order chi connectivity index (χ1) is 15.6. The Morgan fingerprint density at radius 1 is 1.12 bits per heavy atom. The second-order valence-electron chi connectivity index (χ2n) is 9.60. The minimum absolute atomic E-state index is 0.0784. The quantitative estimate of drug-likeness (QED) is 0.647. The van der Waals surface area contributed by atoms with Crippen molar-refractivity contribution in [3.8, 4) is 11.5 Å². The summed E-state index contributed by atoms with van der Waals surface area (Å²) in [7, 11) is 0. The predicted molar refractivity (Wildman–Crippen MR) is 127 cm³/mol. The molecule has 0 aliphatic carbocycles. The van der Waals surface area contributed by atoms with Crippen LogP contribution in [0.25, 0.3) is 0 Å². The third-order valence-corrected chi connectivity index (χ3v) is 5.80. The number of phenolic OH excluding ortho intramolecular Hbond substituents is 1. The topological polar surface area (TPSA) is 99.1 Å². The van der Waals surface area contributed by atoms with Gasteiger partial charge >= 0.3 is 5.97 Å². The molecule has 1 amide bonds. The summed E-state index contributed by atoms with van der Waals surface area (Å²) in [5.74, 6) is -0.326. The average molecular weight is 455 g/mol. The number of carboxylic acids is 1. The number of carbonyl (C=O) groups is 2. The summed E-state index contributed by atoms with van der Waals surface area (Å²) >= 11 is 0. The van der Waals surface area contributed by atoms with Gasteiger partial charge in [0, 0.05) is 30.8 Å². The van der Waals surface area contributed by atoms with Crippen molar-refractivity contribution in [1.82, 2.24) is 10.2 Å². The van der Waals surface area contributed by atoms with Crippen LogP contribution in [0.5, 0.6) is 11.5 Å². The number of benzene rings is 2. The van der Waals surface area contributed by atoms with Crippen molar-refractivity contribution < 1.29 is 24.5 Å². The van der Waals surface area contributed by atoms with Crippen LogP contribution in [0.3, 0.4) is 0 Å². The van der Waals surface area contributed by atoms with Crippen LogP contribution < -0.4 is 10.1 Å². The fourth-order valence-corrected chi connectivity index (χ4v) is 4.00. The number of para-hydroxylation sites is 1. The van der Waals surface area contributed by atoms with Crippen molar-refractivity contribution in [3.05, 3.63) is 58.7 Å². The smallest absolute Gasteiger partial charge is 0.335 e. The van der Waals surface area contributed by atoms with Gasteiger partial charge < -0.3 is 20.3 Å². The Morgan fingerprint density at radius 3 is 2.64 bits per heavy atom. The molecule has 33 heavy (non-hydrogen) atoms. The van der Waals surface area contributed by atoms with E-state index in [2.05, 4.69) is 5.32 Å². The number of aromatic hydroxyl groups is 1. The number of carboxylic acid groups (broad SMARTS) is 1. The maximum atomic E-state index is 12.6. The summed E-state index contributed by atoms with van der Waals surface area (Å²) in [6.45, 7) is 8.13. The van der Waals surface area contributed by atoms with Gasteiger partial charge in [0.05, 0.1) is 18.7 Å². The highest BCUT2D eigenvalue weighted by atomic mass is 16.5. The monoisotopic (exact) mass is 454 g/mol. The van der Waals surface area contributed by atoms with Crippen LogP contribution in [0.15, 0.2) is 36.4 Å². The molecule has 0 atom stereocenters. The average Bonchev–Trinajstić information content (AvgIpc) is 2.75. The molecule has 0 saturated carbocycles. The fraction of sp³-hybridized carbons (Fsp3) is 0.462. The molecule has 0 unspecified atom stereocenters. The van der Waals surface area contributed by atoms with Crippen molar-refractivity contribution in [1.29, 1.82) is 0 Å². The van der Waals surface area contributed by atoms with Gasteiger partial charge in [-0.15, -0.1) is 0 Å². The van der Waals surface area contributed by atoms with E-state index in [0.717, 1.165) is 36.0 Å². The van der Waals surface area contributed by atoms with E-state index in [9.17, 15) is 19.8 Å². The van der Waals surface area contributed by atoms with Gasteiger partial charge in [-0.1, -0.05) is 45.0 Å². The first-order valence-corrected chi connectivity index (χ1v) is 11.4. The van der Waals surface area contributed by atoms with E-state index in [1.165, 1.54) is 0 Å². The van der Waals surface area contributed by atoms with Crippen LogP contribution in [0.1, 0.15) is 67.1 Å². The number of hydrogen-bond acceptors (Lipinski definition) is 5. The minimum Gasteiger partial charge on any atom is -0.507 e. The lowest BCUT2D eigenvalue weighted by Gasteiger charge is -2.26. The number of ether oxygens (including phenoxy) is 1. The molecule has 0 bridgehead atoms. The largest absolute Gasteiger partial charge is 0.507 e. The molecule has 2 aromatic carbocycles. The van der Waals surface area contributed by atoms with Crippen LogP contribution >= 0.6 is 0 Å². The number of phenols is 1. The number of nitrogens with one attached hydrogen (secondary N) is 1. The van der Waals surface area contributed by atoms with Gasteiger partial charge in [0.15, 0.2) is 0 Å². The summed E-state index contributed by atoms with van der Waals surface area (Å²) in [4.78, 5) is 26.0. The van der Waals surface area contributed by atoms with Crippen LogP contribution in [0.4, 0.5) is 0 Å². The Bertz CT molecular complexity index is 997. The molecule has 3 rings (SSSR count). The standard InChI is InChI=1S/C26H34N2O5/c1-26(2,3)21-9-7-8-20(24(21)30)16-28-15-19-11-10-18(25(31)32)14-22(19)33-13-6-4-5-12-27-23(29)17-28/h7-11,14,30H,4-6,12-13,15-17H2,1-3H3,(H,27,29)(H,31,32). The van der Waals surface area contributed by atoms with Gasteiger partial charge in [0.25, 0.3) is 0 Å². The number of aromatic carboxylic acids is 1. The van der Waals surface area contributed by atoms with Crippen LogP contribution in [0.2, 0.25) is 0 Å². The number of hydrogen-bond donors (Lipinski definition) is 3. The lowest BCUT2D eigenvalue weighted by atomic mass is 9.85. The lowest BCUT2D eigenvalue weighted by Crippen LogP contribution is -2.37. The SMILES string of the molecule is CC(C)(C)c1cccc(CN2CC(=O)NCCCCCOc3cc(C(=O)O)ccc3C2)c1O. The molecule has 1 aliphatic rings. The maximum Gasteiger partial charge on any atom is 0.335 e. The molecule has 0 spiro atoms. The van der Waals surface area contributed by atoms with E-state index in [-0.39, 0.29) is 29.2 Å².